The van der Waals surface area contributed by atoms with Crippen LogP contribution in [0.2, 0.25) is 0 Å². The van der Waals surface area contributed by atoms with Gasteiger partial charge in [-0.05, 0) is 82.2 Å². The van der Waals surface area contributed by atoms with Crippen LogP contribution in [0.1, 0.15) is 5.56 Å². The summed E-state index contributed by atoms with van der Waals surface area (Å²) in [5.74, 6) is 0. The Bertz CT molecular complexity index is 3800. The number of hydrogen-bond donors (Lipinski definition) is 0. The van der Waals surface area contributed by atoms with E-state index in [4.69, 9.17) is 6.57 Å². The zero-order valence-electron chi connectivity index (χ0n) is 30.6. The maximum Gasteiger partial charge on any atom is 0.212 e. The van der Waals surface area contributed by atoms with Crippen LogP contribution in [-0.2, 0) is 0 Å². The van der Waals surface area contributed by atoms with Crippen molar-refractivity contribution in [3.05, 3.63) is 175 Å². The number of benzene rings is 9. The van der Waals surface area contributed by atoms with Crippen molar-refractivity contribution in [2.75, 3.05) is 0 Å². The van der Waals surface area contributed by atoms with Crippen LogP contribution in [0.3, 0.4) is 0 Å². The SMILES string of the molecule is [C-]#[N+]c1cc(-n2c3cc4sc5ccccc5c4cc3c3c4ccccc4ccc32)c(C#N)cc1-n1c2cc3sc4ccccc4c3cc2c2c3ccccc3ccc21. The molecule has 0 spiro atoms. The number of nitriles is 1. The molecule has 4 aromatic heterocycles. The Hall–Kier alpha value is -7.48. The predicted molar refractivity (Wildman–Crippen MR) is 247 cm³/mol. The second kappa shape index (κ2) is 11.5. The third kappa shape index (κ3) is 4.15. The van der Waals surface area contributed by atoms with E-state index in [1.807, 2.05) is 12.1 Å². The molecule has 4 heterocycles. The molecule has 58 heavy (non-hydrogen) atoms. The molecular weight excluding hydrogens is 745 g/mol. The van der Waals surface area contributed by atoms with Gasteiger partial charge in [0.05, 0.1) is 45.6 Å². The second-order valence-electron chi connectivity index (χ2n) is 15.0. The van der Waals surface area contributed by atoms with E-state index in [1.54, 1.807) is 22.7 Å². The van der Waals surface area contributed by atoms with Crippen molar-refractivity contribution in [1.82, 2.24) is 9.13 Å². The first-order chi connectivity index (χ1) is 28.7. The lowest BCUT2D eigenvalue weighted by Gasteiger charge is -2.16. The van der Waals surface area contributed by atoms with Crippen LogP contribution in [0, 0.1) is 17.9 Å². The lowest BCUT2D eigenvalue weighted by Crippen LogP contribution is -2.01. The predicted octanol–water partition coefficient (Wildman–Crippen LogP) is 15.3. The van der Waals surface area contributed by atoms with E-state index in [0.29, 0.717) is 22.6 Å². The van der Waals surface area contributed by atoms with Gasteiger partial charge >= 0.3 is 0 Å². The number of nitrogens with zero attached hydrogens (tertiary/aromatic N) is 4. The molecule has 6 heteroatoms. The minimum atomic E-state index is 0.483. The van der Waals surface area contributed by atoms with Gasteiger partial charge in [0.2, 0.25) is 5.69 Å². The third-order valence-corrected chi connectivity index (χ3v) is 14.4. The number of rotatable bonds is 2. The lowest BCUT2D eigenvalue weighted by molar-refractivity contribution is 1.14. The molecule has 266 valence electrons. The van der Waals surface area contributed by atoms with Crippen molar-refractivity contribution in [2.24, 2.45) is 0 Å². The zero-order valence-corrected chi connectivity index (χ0v) is 32.2. The summed E-state index contributed by atoms with van der Waals surface area (Å²) in [5, 5.41) is 25.3. The Labute approximate surface area is 338 Å². The van der Waals surface area contributed by atoms with E-state index >= 15 is 0 Å². The molecule has 0 aliphatic carbocycles. The molecule has 0 aliphatic heterocycles. The first-order valence-corrected chi connectivity index (χ1v) is 20.8. The van der Waals surface area contributed by atoms with Crippen molar-refractivity contribution < 1.29 is 0 Å². The van der Waals surface area contributed by atoms with Crippen molar-refractivity contribution in [3.63, 3.8) is 0 Å². The summed E-state index contributed by atoms with van der Waals surface area (Å²) in [4.78, 5) is 4.25. The molecule has 0 fully saturated rings. The van der Waals surface area contributed by atoms with Crippen molar-refractivity contribution in [2.45, 2.75) is 0 Å². The van der Waals surface area contributed by atoms with E-state index in [1.165, 1.54) is 40.3 Å². The number of fused-ring (bicyclic) bond motifs is 16. The highest BCUT2D eigenvalue weighted by Gasteiger charge is 2.24. The third-order valence-electron chi connectivity index (χ3n) is 12.1. The van der Waals surface area contributed by atoms with Gasteiger partial charge in [-0.1, -0.05) is 97.1 Å². The lowest BCUT2D eigenvalue weighted by atomic mass is 10.0. The first-order valence-electron chi connectivity index (χ1n) is 19.2. The summed E-state index contributed by atoms with van der Waals surface area (Å²) in [7, 11) is 0. The fourth-order valence-corrected chi connectivity index (χ4v) is 11.9. The van der Waals surface area contributed by atoms with Crippen LogP contribution in [-0.4, -0.2) is 9.13 Å². The largest absolute Gasteiger partial charge is 0.319 e. The molecule has 0 amide bonds. The molecule has 0 bridgehead atoms. The maximum atomic E-state index is 11.1. The summed E-state index contributed by atoms with van der Waals surface area (Å²) in [6.45, 7) is 8.71. The van der Waals surface area contributed by atoms with Crippen LogP contribution in [0.15, 0.2) is 158 Å². The fraction of sp³-hybridized carbons (Fsp3) is 0. The first kappa shape index (κ1) is 31.7. The summed E-state index contributed by atoms with van der Waals surface area (Å²) in [6.07, 6.45) is 0. The average Bonchev–Trinajstić information content (AvgIpc) is 4.01. The van der Waals surface area contributed by atoms with Gasteiger partial charge in [0.1, 0.15) is 6.07 Å². The summed E-state index contributed by atoms with van der Waals surface area (Å²) < 4.78 is 9.31. The monoisotopic (exact) mass is 770 g/mol. The highest BCUT2D eigenvalue weighted by atomic mass is 32.1. The van der Waals surface area contributed by atoms with Gasteiger partial charge in [-0.25, -0.2) is 4.85 Å². The minimum Gasteiger partial charge on any atom is -0.319 e. The quantitative estimate of drug-likeness (QED) is 0.161. The van der Waals surface area contributed by atoms with Crippen LogP contribution in [0.5, 0.6) is 0 Å². The van der Waals surface area contributed by atoms with Crippen LogP contribution in [0.25, 0.3) is 122 Å². The Balaban J connectivity index is 1.15. The molecule has 0 saturated heterocycles. The molecule has 0 unspecified atom stereocenters. The van der Waals surface area contributed by atoms with Gasteiger partial charge in [0.25, 0.3) is 0 Å². The Morgan fingerprint density at radius 1 is 0.431 bits per heavy atom. The molecule has 4 nitrogen and oxygen atoms in total. The fourth-order valence-electron chi connectivity index (χ4n) is 9.64. The van der Waals surface area contributed by atoms with E-state index in [2.05, 4.69) is 166 Å². The molecule has 0 aliphatic rings. The standard InChI is InChI=1S/C52H26N4S2/c1-54-40-25-43(55-41-20-18-29-10-2-4-12-32(29)51(41)38-23-36-34-14-6-8-16-47(34)57-49(36)26-44(38)55)31(28-53)22-46(40)56-42-21-19-30-11-3-5-13-33(30)52(42)39-24-37-35-15-7-9-17-48(35)58-50(37)27-45(39)56/h2-27H. The summed E-state index contributed by atoms with van der Waals surface area (Å²) >= 11 is 3.58. The maximum absolute atomic E-state index is 11.1. The van der Waals surface area contributed by atoms with Gasteiger partial charge in [-0.3, -0.25) is 0 Å². The molecule has 0 atom stereocenters. The van der Waals surface area contributed by atoms with Gasteiger partial charge in [0.15, 0.2) is 0 Å². The van der Waals surface area contributed by atoms with Gasteiger partial charge in [-0.2, -0.15) is 5.26 Å². The number of thiophene rings is 2. The van der Waals surface area contributed by atoms with Crippen molar-refractivity contribution in [3.8, 4) is 17.4 Å². The van der Waals surface area contributed by atoms with E-state index in [-0.39, 0.29) is 0 Å². The number of aromatic nitrogens is 2. The molecule has 0 saturated carbocycles. The number of hydrogen-bond acceptors (Lipinski definition) is 3. The van der Waals surface area contributed by atoms with Crippen LogP contribution < -0.4 is 0 Å². The van der Waals surface area contributed by atoms with E-state index in [0.717, 1.165) is 65.2 Å². The van der Waals surface area contributed by atoms with Gasteiger partial charge in [0, 0.05) is 61.9 Å². The Kier molecular flexibility index (Phi) is 6.30. The highest BCUT2D eigenvalue weighted by Crippen LogP contribution is 2.47. The molecular formula is C52H26N4S2. The zero-order chi connectivity index (χ0) is 38.2. The normalized spacial score (nSPS) is 12.1. The van der Waals surface area contributed by atoms with Crippen LogP contribution >= 0.6 is 22.7 Å². The minimum absolute atomic E-state index is 0.483. The molecule has 13 rings (SSSR count). The Morgan fingerprint density at radius 2 is 0.914 bits per heavy atom. The average molecular weight is 771 g/mol. The smallest absolute Gasteiger partial charge is 0.212 e. The second-order valence-corrected chi connectivity index (χ2v) is 17.2. The summed E-state index contributed by atoms with van der Waals surface area (Å²) in [5.41, 5.74) is 6.43. The van der Waals surface area contributed by atoms with E-state index < -0.39 is 0 Å². The van der Waals surface area contributed by atoms with E-state index in [9.17, 15) is 5.26 Å². The molecule has 0 N–H and O–H groups in total. The Morgan fingerprint density at radius 3 is 1.43 bits per heavy atom. The topological polar surface area (TPSA) is 38.0 Å². The van der Waals surface area contributed by atoms with Crippen molar-refractivity contribution in [1.29, 1.82) is 5.26 Å². The molecule has 9 aromatic carbocycles. The summed E-state index contributed by atoms with van der Waals surface area (Å²) in [6, 6.07) is 58.6. The van der Waals surface area contributed by atoms with Crippen molar-refractivity contribution >= 4 is 134 Å². The van der Waals surface area contributed by atoms with Crippen LogP contribution in [0.4, 0.5) is 5.69 Å². The molecule has 0 radical (unpaired) electrons. The van der Waals surface area contributed by atoms with Gasteiger partial charge in [-0.15, -0.1) is 22.7 Å². The molecule has 13 aromatic rings. The van der Waals surface area contributed by atoms with Gasteiger partial charge < -0.3 is 9.13 Å². The highest BCUT2D eigenvalue weighted by molar-refractivity contribution is 7.26.